The van der Waals surface area contributed by atoms with Gasteiger partial charge in [0.2, 0.25) is 0 Å². The summed E-state index contributed by atoms with van der Waals surface area (Å²) >= 11 is 3.39. The molecule has 4 rings (SSSR count). The van der Waals surface area contributed by atoms with Gasteiger partial charge in [-0.3, -0.25) is 4.79 Å². The highest BCUT2D eigenvalue weighted by Crippen LogP contribution is 2.23. The van der Waals surface area contributed by atoms with Crippen molar-refractivity contribution in [2.75, 3.05) is 5.32 Å². The molecule has 0 aliphatic heterocycles. The number of carbonyl (C=O) groups excluding carboxylic acids is 1. The van der Waals surface area contributed by atoms with E-state index >= 15 is 0 Å². The normalized spacial score (nSPS) is 11.0. The van der Waals surface area contributed by atoms with E-state index in [0.717, 1.165) is 38.9 Å². The van der Waals surface area contributed by atoms with Crippen molar-refractivity contribution in [3.05, 3.63) is 81.8 Å². The lowest BCUT2D eigenvalue weighted by atomic mass is 10.1. The number of halogens is 1. The molecule has 0 aliphatic rings. The van der Waals surface area contributed by atoms with E-state index in [0.29, 0.717) is 5.56 Å². The average Bonchev–Trinajstić information content (AvgIpc) is 3.16. The van der Waals surface area contributed by atoms with Crippen LogP contribution in [-0.4, -0.2) is 20.9 Å². The maximum absolute atomic E-state index is 12.6. The molecular weight excluding hydrogens is 440 g/mol. The third-order valence-electron chi connectivity index (χ3n) is 5.07. The molecule has 1 aromatic heterocycles. The standard InChI is InChI=1S/C24H23BrN4O/c1-3-4-5-17-6-12-20(13-7-17)29-27-22-14-16(2)21(15-23(22)28-29)26-24(30)18-8-10-19(25)11-9-18/h6-15H,3-5H2,1-2H3,(H,26,30). The van der Waals surface area contributed by atoms with Crippen LogP contribution in [0, 0.1) is 6.92 Å². The second kappa shape index (κ2) is 8.79. The Morgan fingerprint density at radius 1 is 1.00 bits per heavy atom. The maximum atomic E-state index is 12.6. The number of hydrogen-bond donors (Lipinski definition) is 1. The number of nitrogens with one attached hydrogen (secondary N) is 1. The molecule has 5 nitrogen and oxygen atoms in total. The van der Waals surface area contributed by atoms with Crippen LogP contribution >= 0.6 is 15.9 Å². The molecule has 6 heteroatoms. The predicted octanol–water partition coefficient (Wildman–Crippen LogP) is 6.09. The van der Waals surface area contributed by atoms with Crippen LogP contribution in [0.25, 0.3) is 16.7 Å². The van der Waals surface area contributed by atoms with Gasteiger partial charge in [0.1, 0.15) is 11.0 Å². The summed E-state index contributed by atoms with van der Waals surface area (Å²) in [4.78, 5) is 14.2. The minimum absolute atomic E-state index is 0.153. The minimum atomic E-state index is -0.153. The fourth-order valence-corrected chi connectivity index (χ4v) is 3.55. The van der Waals surface area contributed by atoms with Crippen molar-refractivity contribution in [1.29, 1.82) is 0 Å². The van der Waals surface area contributed by atoms with E-state index in [1.807, 2.05) is 43.3 Å². The van der Waals surface area contributed by atoms with Crippen molar-refractivity contribution >= 4 is 38.6 Å². The van der Waals surface area contributed by atoms with Crippen LogP contribution < -0.4 is 5.32 Å². The Labute approximate surface area is 184 Å². The molecule has 0 aliphatic carbocycles. The number of rotatable bonds is 6. The van der Waals surface area contributed by atoms with E-state index in [4.69, 9.17) is 0 Å². The van der Waals surface area contributed by atoms with E-state index in [1.54, 1.807) is 16.9 Å². The molecule has 1 N–H and O–H groups in total. The van der Waals surface area contributed by atoms with Gasteiger partial charge in [0.15, 0.2) is 0 Å². The van der Waals surface area contributed by atoms with E-state index in [1.165, 1.54) is 18.4 Å². The molecule has 0 saturated carbocycles. The Hall–Kier alpha value is -2.99. The molecule has 0 spiro atoms. The van der Waals surface area contributed by atoms with Gasteiger partial charge in [-0.15, -0.1) is 10.2 Å². The van der Waals surface area contributed by atoms with Gasteiger partial charge in [0.05, 0.1) is 5.69 Å². The fraction of sp³-hybridized carbons (Fsp3) is 0.208. The van der Waals surface area contributed by atoms with Gasteiger partial charge in [-0.25, -0.2) is 0 Å². The first-order valence-corrected chi connectivity index (χ1v) is 10.9. The van der Waals surface area contributed by atoms with Crippen LogP contribution in [0.2, 0.25) is 0 Å². The van der Waals surface area contributed by atoms with E-state index in [-0.39, 0.29) is 5.91 Å². The van der Waals surface area contributed by atoms with E-state index in [9.17, 15) is 4.79 Å². The molecule has 3 aromatic carbocycles. The third kappa shape index (κ3) is 4.44. The molecule has 0 atom stereocenters. The molecule has 0 radical (unpaired) electrons. The highest BCUT2D eigenvalue weighted by atomic mass is 79.9. The average molecular weight is 463 g/mol. The smallest absolute Gasteiger partial charge is 0.255 e. The highest BCUT2D eigenvalue weighted by Gasteiger charge is 2.12. The first kappa shape index (κ1) is 20.3. The SMILES string of the molecule is CCCCc1ccc(-n2nc3cc(C)c(NC(=O)c4ccc(Br)cc4)cc3n2)cc1. The lowest BCUT2D eigenvalue weighted by Gasteiger charge is -2.08. The first-order chi connectivity index (χ1) is 14.5. The van der Waals surface area contributed by atoms with Gasteiger partial charge in [0.25, 0.3) is 5.91 Å². The molecule has 4 aromatic rings. The number of fused-ring (bicyclic) bond motifs is 1. The highest BCUT2D eigenvalue weighted by molar-refractivity contribution is 9.10. The number of amides is 1. The third-order valence-corrected chi connectivity index (χ3v) is 5.60. The van der Waals surface area contributed by atoms with Gasteiger partial charge >= 0.3 is 0 Å². The van der Waals surface area contributed by atoms with Gasteiger partial charge in [-0.2, -0.15) is 4.80 Å². The predicted molar refractivity (Wildman–Crippen MR) is 124 cm³/mol. The van der Waals surface area contributed by atoms with Crippen LogP contribution in [0.15, 0.2) is 65.1 Å². The Kier molecular flexibility index (Phi) is 5.95. The molecule has 0 unspecified atom stereocenters. The van der Waals surface area contributed by atoms with E-state index < -0.39 is 0 Å². The number of carbonyl (C=O) groups is 1. The quantitative estimate of drug-likeness (QED) is 0.377. The molecule has 0 fully saturated rings. The van der Waals surface area contributed by atoms with Crippen LogP contribution in [0.4, 0.5) is 5.69 Å². The zero-order valence-electron chi connectivity index (χ0n) is 17.0. The van der Waals surface area contributed by atoms with Crippen LogP contribution in [0.5, 0.6) is 0 Å². The summed E-state index contributed by atoms with van der Waals surface area (Å²) in [6.07, 6.45) is 3.47. The summed E-state index contributed by atoms with van der Waals surface area (Å²) in [6, 6.07) is 19.5. The Bertz CT molecular complexity index is 1180. The van der Waals surface area contributed by atoms with Crippen LogP contribution in [0.1, 0.15) is 41.3 Å². The maximum Gasteiger partial charge on any atom is 0.255 e. The monoisotopic (exact) mass is 462 g/mol. The molecule has 1 heterocycles. The Morgan fingerprint density at radius 2 is 1.67 bits per heavy atom. The van der Waals surface area contributed by atoms with Gasteiger partial charge in [0, 0.05) is 15.7 Å². The fourth-order valence-electron chi connectivity index (χ4n) is 3.29. The van der Waals surface area contributed by atoms with Crippen molar-refractivity contribution in [2.45, 2.75) is 33.1 Å². The Morgan fingerprint density at radius 3 is 2.33 bits per heavy atom. The zero-order chi connectivity index (χ0) is 21.1. The number of aromatic nitrogens is 3. The van der Waals surface area contributed by atoms with Gasteiger partial charge in [-0.05, 0) is 79.4 Å². The van der Waals surface area contributed by atoms with Crippen molar-refractivity contribution in [3.63, 3.8) is 0 Å². The second-order valence-corrected chi connectivity index (χ2v) is 8.29. The minimum Gasteiger partial charge on any atom is -0.322 e. The number of aryl methyl sites for hydroxylation is 2. The lowest BCUT2D eigenvalue weighted by Crippen LogP contribution is -2.12. The van der Waals surface area contributed by atoms with Gasteiger partial charge < -0.3 is 5.32 Å². The van der Waals surface area contributed by atoms with Crippen LogP contribution in [-0.2, 0) is 6.42 Å². The molecule has 1 amide bonds. The topological polar surface area (TPSA) is 59.8 Å². The number of nitrogens with zero attached hydrogens (tertiary/aromatic N) is 3. The Balaban J connectivity index is 1.58. The zero-order valence-corrected chi connectivity index (χ0v) is 18.6. The number of anilines is 1. The number of benzene rings is 3. The summed E-state index contributed by atoms with van der Waals surface area (Å²) in [6.45, 7) is 4.16. The summed E-state index contributed by atoms with van der Waals surface area (Å²) in [5.74, 6) is -0.153. The van der Waals surface area contributed by atoms with Crippen molar-refractivity contribution < 1.29 is 4.79 Å². The van der Waals surface area contributed by atoms with Crippen molar-refractivity contribution in [2.24, 2.45) is 0 Å². The summed E-state index contributed by atoms with van der Waals surface area (Å²) in [5, 5.41) is 12.2. The molecule has 30 heavy (non-hydrogen) atoms. The van der Waals surface area contributed by atoms with Crippen molar-refractivity contribution in [1.82, 2.24) is 15.0 Å². The second-order valence-electron chi connectivity index (χ2n) is 7.38. The van der Waals surface area contributed by atoms with Gasteiger partial charge in [-0.1, -0.05) is 41.4 Å². The number of unbranched alkanes of at least 4 members (excludes halogenated alkanes) is 1. The molecular formula is C24H23BrN4O. The molecule has 152 valence electrons. The lowest BCUT2D eigenvalue weighted by molar-refractivity contribution is 0.102. The van der Waals surface area contributed by atoms with Crippen LogP contribution in [0.3, 0.4) is 0 Å². The molecule has 0 bridgehead atoms. The number of hydrogen-bond acceptors (Lipinski definition) is 3. The molecule has 0 saturated heterocycles. The van der Waals surface area contributed by atoms with Crippen molar-refractivity contribution in [3.8, 4) is 5.69 Å². The first-order valence-electron chi connectivity index (χ1n) is 10.1. The largest absolute Gasteiger partial charge is 0.322 e. The summed E-state index contributed by atoms with van der Waals surface area (Å²) < 4.78 is 0.937. The summed E-state index contributed by atoms with van der Waals surface area (Å²) in [5.41, 5.74) is 6.05. The van der Waals surface area contributed by atoms with E-state index in [2.05, 4.69) is 50.5 Å². The summed E-state index contributed by atoms with van der Waals surface area (Å²) in [7, 11) is 0.